The lowest BCUT2D eigenvalue weighted by atomic mass is 10.00. The largest absolute Gasteiger partial charge is 0.464 e. The molecule has 2 heterocycles. The standard InChI is InChI=1S/C36H21F3N2O/c37-36(38,39)25-16-18-26(19-17-25)41-33-31-10-4-2-8-29(31)28-7-1-3-9-30(28)32(33)40-35(41)24-14-12-22(13-15-24)27-11-5-6-23-20-21-42-34(23)27/h1-21H. The summed E-state index contributed by atoms with van der Waals surface area (Å²) in [7, 11) is 0. The summed E-state index contributed by atoms with van der Waals surface area (Å²) in [5, 5.41) is 5.12. The smallest absolute Gasteiger partial charge is 0.416 e. The van der Waals surface area contributed by atoms with Gasteiger partial charge in [-0.3, -0.25) is 4.57 Å². The first-order valence-corrected chi connectivity index (χ1v) is 13.5. The Morgan fingerprint density at radius 3 is 1.95 bits per heavy atom. The number of para-hydroxylation sites is 1. The molecule has 0 saturated heterocycles. The number of aromatic nitrogens is 2. The molecule has 0 spiro atoms. The molecule has 8 aromatic rings. The first-order valence-electron chi connectivity index (χ1n) is 13.5. The molecule has 0 fully saturated rings. The Bertz CT molecular complexity index is 2280. The molecule has 8 rings (SSSR count). The highest BCUT2D eigenvalue weighted by molar-refractivity contribution is 6.24. The highest BCUT2D eigenvalue weighted by Crippen LogP contribution is 2.40. The predicted octanol–water partition coefficient (Wildman–Crippen LogP) is 10.4. The monoisotopic (exact) mass is 554 g/mol. The van der Waals surface area contributed by atoms with E-state index in [0.29, 0.717) is 11.5 Å². The first kappa shape index (κ1) is 24.4. The van der Waals surface area contributed by atoms with Crippen LogP contribution < -0.4 is 0 Å². The minimum Gasteiger partial charge on any atom is -0.464 e. The minimum atomic E-state index is -4.42. The van der Waals surface area contributed by atoms with Crippen LogP contribution in [0.4, 0.5) is 13.2 Å². The van der Waals surface area contributed by atoms with Gasteiger partial charge in [0.05, 0.1) is 22.9 Å². The fraction of sp³-hybridized carbons (Fsp3) is 0.0278. The number of hydrogen-bond acceptors (Lipinski definition) is 2. The first-order chi connectivity index (χ1) is 20.5. The average molecular weight is 555 g/mol. The summed E-state index contributed by atoms with van der Waals surface area (Å²) < 4.78 is 48.1. The van der Waals surface area contributed by atoms with E-state index < -0.39 is 11.7 Å². The van der Waals surface area contributed by atoms with Crippen molar-refractivity contribution >= 4 is 43.5 Å². The summed E-state index contributed by atoms with van der Waals surface area (Å²) in [5.41, 5.74) is 5.20. The molecule has 6 heteroatoms. The van der Waals surface area contributed by atoms with Gasteiger partial charge in [-0.05, 0) is 46.7 Å². The normalized spacial score (nSPS) is 12.2. The van der Waals surface area contributed by atoms with Crippen LogP contribution in [0.5, 0.6) is 0 Å². The number of benzene rings is 6. The molecule has 42 heavy (non-hydrogen) atoms. The van der Waals surface area contributed by atoms with Gasteiger partial charge in [0.15, 0.2) is 0 Å². The summed E-state index contributed by atoms with van der Waals surface area (Å²) in [4.78, 5) is 5.18. The molecule has 0 radical (unpaired) electrons. The van der Waals surface area contributed by atoms with E-state index in [1.54, 1.807) is 6.26 Å². The van der Waals surface area contributed by atoms with Crippen LogP contribution in [0.1, 0.15) is 5.56 Å². The van der Waals surface area contributed by atoms with E-state index in [2.05, 4.69) is 12.1 Å². The van der Waals surface area contributed by atoms with Gasteiger partial charge >= 0.3 is 6.18 Å². The highest BCUT2D eigenvalue weighted by Gasteiger charge is 2.30. The maximum atomic E-state index is 13.5. The fourth-order valence-electron chi connectivity index (χ4n) is 5.97. The van der Waals surface area contributed by atoms with Gasteiger partial charge < -0.3 is 4.42 Å². The SMILES string of the molecule is FC(F)(F)c1ccc(-n2c(-c3ccc(-c4cccc5ccoc45)cc3)nc3c4ccccc4c4ccccc4c32)cc1. The van der Waals surface area contributed by atoms with E-state index in [1.807, 2.05) is 89.5 Å². The van der Waals surface area contributed by atoms with Gasteiger partial charge in [-0.25, -0.2) is 4.98 Å². The van der Waals surface area contributed by atoms with Crippen LogP contribution in [0.3, 0.4) is 0 Å². The number of alkyl halides is 3. The van der Waals surface area contributed by atoms with Gasteiger partial charge in [-0.1, -0.05) is 91.0 Å². The molecule has 0 atom stereocenters. The van der Waals surface area contributed by atoms with E-state index in [-0.39, 0.29) is 0 Å². The van der Waals surface area contributed by atoms with E-state index in [0.717, 1.165) is 72.4 Å². The molecule has 3 nitrogen and oxygen atoms in total. The number of halogens is 3. The number of imidazole rings is 1. The fourth-order valence-corrected chi connectivity index (χ4v) is 5.97. The van der Waals surface area contributed by atoms with E-state index in [4.69, 9.17) is 9.40 Å². The van der Waals surface area contributed by atoms with Gasteiger partial charge in [0, 0.05) is 33.0 Å². The Kier molecular flexibility index (Phi) is 5.28. The van der Waals surface area contributed by atoms with Gasteiger partial charge in [-0.15, -0.1) is 0 Å². The molecule has 0 amide bonds. The predicted molar refractivity (Wildman–Crippen MR) is 162 cm³/mol. The third kappa shape index (κ3) is 3.72. The van der Waals surface area contributed by atoms with Crippen molar-refractivity contribution < 1.29 is 17.6 Å². The summed E-state index contributed by atoms with van der Waals surface area (Å²) in [5.74, 6) is 0.647. The zero-order valence-corrected chi connectivity index (χ0v) is 22.1. The van der Waals surface area contributed by atoms with Crippen molar-refractivity contribution in [3.63, 3.8) is 0 Å². The topological polar surface area (TPSA) is 31.0 Å². The van der Waals surface area contributed by atoms with Crippen molar-refractivity contribution in [2.45, 2.75) is 6.18 Å². The molecular formula is C36H21F3N2O. The number of fused-ring (bicyclic) bond motifs is 7. The lowest BCUT2D eigenvalue weighted by Gasteiger charge is -2.14. The van der Waals surface area contributed by atoms with Crippen molar-refractivity contribution in [1.82, 2.24) is 9.55 Å². The molecule has 0 saturated carbocycles. The van der Waals surface area contributed by atoms with E-state index in [9.17, 15) is 13.2 Å². The van der Waals surface area contributed by atoms with Crippen LogP contribution in [0, 0.1) is 0 Å². The molecular weight excluding hydrogens is 533 g/mol. The maximum absolute atomic E-state index is 13.5. The van der Waals surface area contributed by atoms with Gasteiger partial charge in [0.25, 0.3) is 0 Å². The van der Waals surface area contributed by atoms with E-state index >= 15 is 0 Å². The van der Waals surface area contributed by atoms with Crippen molar-refractivity contribution in [1.29, 1.82) is 0 Å². The van der Waals surface area contributed by atoms with Gasteiger partial charge in [-0.2, -0.15) is 13.2 Å². The van der Waals surface area contributed by atoms with Crippen LogP contribution in [-0.4, -0.2) is 9.55 Å². The lowest BCUT2D eigenvalue weighted by Crippen LogP contribution is -2.05. The third-order valence-electron chi connectivity index (χ3n) is 7.92. The Hall–Kier alpha value is -5.36. The quantitative estimate of drug-likeness (QED) is 0.203. The summed E-state index contributed by atoms with van der Waals surface area (Å²) in [6, 6.07) is 37.5. The number of rotatable bonds is 3. The average Bonchev–Trinajstić information content (AvgIpc) is 3.67. The Balaban J connectivity index is 1.41. The molecule has 0 aliphatic heterocycles. The Labute approximate surface area is 238 Å². The van der Waals surface area contributed by atoms with E-state index in [1.165, 1.54) is 12.1 Å². The second kappa shape index (κ2) is 9.08. The van der Waals surface area contributed by atoms with Crippen LogP contribution in [0.25, 0.3) is 71.7 Å². The molecule has 202 valence electrons. The van der Waals surface area contributed by atoms with Crippen LogP contribution in [0.15, 0.2) is 132 Å². The molecule has 0 N–H and O–H groups in total. The van der Waals surface area contributed by atoms with Crippen molar-refractivity contribution in [2.75, 3.05) is 0 Å². The molecule has 0 aliphatic carbocycles. The number of hydrogen-bond donors (Lipinski definition) is 0. The molecule has 6 aromatic carbocycles. The second-order valence-corrected chi connectivity index (χ2v) is 10.3. The summed E-state index contributed by atoms with van der Waals surface area (Å²) >= 11 is 0. The molecule has 0 unspecified atom stereocenters. The van der Waals surface area contributed by atoms with Crippen LogP contribution >= 0.6 is 0 Å². The van der Waals surface area contributed by atoms with Crippen LogP contribution in [0.2, 0.25) is 0 Å². The van der Waals surface area contributed by atoms with Crippen LogP contribution in [-0.2, 0) is 6.18 Å². The molecule has 2 aromatic heterocycles. The third-order valence-corrected chi connectivity index (χ3v) is 7.92. The molecule has 0 bridgehead atoms. The van der Waals surface area contributed by atoms with Crippen molar-refractivity contribution in [3.05, 3.63) is 133 Å². The molecule has 0 aliphatic rings. The summed E-state index contributed by atoms with van der Waals surface area (Å²) in [6.45, 7) is 0. The zero-order chi connectivity index (χ0) is 28.4. The highest BCUT2D eigenvalue weighted by atomic mass is 19.4. The zero-order valence-electron chi connectivity index (χ0n) is 22.1. The Morgan fingerprint density at radius 1 is 0.595 bits per heavy atom. The Morgan fingerprint density at radius 2 is 1.24 bits per heavy atom. The van der Waals surface area contributed by atoms with Crippen molar-refractivity contribution in [2.24, 2.45) is 0 Å². The van der Waals surface area contributed by atoms with Gasteiger partial charge in [0.2, 0.25) is 0 Å². The minimum absolute atomic E-state index is 0.602. The summed E-state index contributed by atoms with van der Waals surface area (Å²) in [6.07, 6.45) is -2.74. The maximum Gasteiger partial charge on any atom is 0.416 e. The number of furan rings is 1. The lowest BCUT2D eigenvalue weighted by molar-refractivity contribution is -0.137. The van der Waals surface area contributed by atoms with Crippen molar-refractivity contribution in [3.8, 4) is 28.2 Å². The van der Waals surface area contributed by atoms with Gasteiger partial charge in [0.1, 0.15) is 11.4 Å². The second-order valence-electron chi connectivity index (χ2n) is 10.3. The number of nitrogens with zero attached hydrogens (tertiary/aromatic N) is 2.